The first-order valence-electron chi connectivity index (χ1n) is 9.08. The van der Waals surface area contributed by atoms with E-state index >= 15 is 8.78 Å². The molecule has 0 saturated heterocycles. The van der Waals surface area contributed by atoms with Crippen LogP contribution in [0.5, 0.6) is 0 Å². The van der Waals surface area contributed by atoms with Crippen molar-refractivity contribution in [2.75, 3.05) is 0 Å². The number of nitrogens with zero attached hydrogens (tertiary/aromatic N) is 3. The molecule has 0 spiro atoms. The monoisotopic (exact) mass is 379 g/mol. The van der Waals surface area contributed by atoms with Crippen LogP contribution in [-0.2, 0) is 18.1 Å². The summed E-state index contributed by atoms with van der Waals surface area (Å²) in [6, 6.07) is 10.6. The molecule has 1 atom stereocenters. The summed E-state index contributed by atoms with van der Waals surface area (Å²) in [6.07, 6.45) is 7.94. The first kappa shape index (κ1) is 18.3. The van der Waals surface area contributed by atoms with Crippen LogP contribution in [0.25, 0.3) is 0 Å². The number of benzene rings is 1. The van der Waals surface area contributed by atoms with Crippen LogP contribution >= 0.6 is 0 Å². The van der Waals surface area contributed by atoms with E-state index in [1.165, 1.54) is 53.8 Å². The molecular formula is C22H19F2N3O. The Morgan fingerprint density at radius 1 is 1.11 bits per heavy atom. The van der Waals surface area contributed by atoms with E-state index in [4.69, 9.17) is 0 Å². The maximum Gasteiger partial charge on any atom is 0.323 e. The maximum atomic E-state index is 15.5. The first-order chi connectivity index (χ1) is 13.5. The summed E-state index contributed by atoms with van der Waals surface area (Å²) in [5.74, 6) is 3.02. The number of rotatable bonds is 5. The van der Waals surface area contributed by atoms with Gasteiger partial charge in [-0.2, -0.15) is 8.78 Å². The van der Waals surface area contributed by atoms with Crippen LogP contribution in [0, 0.1) is 17.8 Å². The molecule has 1 saturated carbocycles. The summed E-state index contributed by atoms with van der Waals surface area (Å²) >= 11 is 0. The lowest BCUT2D eigenvalue weighted by Gasteiger charge is -2.36. The number of hydrogen-bond donors (Lipinski definition) is 1. The average Bonchev–Trinajstić information content (AvgIpc) is 3.42. The van der Waals surface area contributed by atoms with Crippen LogP contribution < -0.4 is 0 Å². The molecule has 4 rings (SSSR count). The normalized spacial score (nSPS) is 16.1. The number of imidazole rings is 1. The van der Waals surface area contributed by atoms with Gasteiger partial charge in [-0.1, -0.05) is 30.0 Å². The number of aliphatic hydroxyl groups is 1. The molecule has 1 unspecified atom stereocenters. The van der Waals surface area contributed by atoms with E-state index < -0.39 is 17.2 Å². The van der Waals surface area contributed by atoms with Gasteiger partial charge in [0.05, 0.1) is 12.9 Å². The smallest absolute Gasteiger partial charge is 0.323 e. The van der Waals surface area contributed by atoms with Crippen LogP contribution in [-0.4, -0.2) is 19.6 Å². The van der Waals surface area contributed by atoms with Crippen molar-refractivity contribution in [3.05, 3.63) is 84.2 Å². The number of hydrogen-bond acceptors (Lipinski definition) is 3. The van der Waals surface area contributed by atoms with Crippen molar-refractivity contribution in [3.8, 4) is 11.8 Å². The molecule has 2 aromatic heterocycles. The average molecular weight is 379 g/mol. The summed E-state index contributed by atoms with van der Waals surface area (Å²) in [4.78, 5) is 7.68. The molecule has 0 aliphatic heterocycles. The Balaban J connectivity index is 1.73. The minimum atomic E-state index is -3.63. The molecule has 4 nitrogen and oxygen atoms in total. The Bertz CT molecular complexity index is 988. The standard InChI is InChI=1S/C22H19F2N3O/c23-22(24,20-3-1-2-12-26-20)21(28,15-27-14-13-25-16-27)19-10-8-18(9-11-19)7-6-17-4-5-17/h1-3,8-14,16-17,28H,4-5,15H2. The van der Waals surface area contributed by atoms with Crippen molar-refractivity contribution >= 4 is 0 Å². The van der Waals surface area contributed by atoms with Gasteiger partial charge in [0.1, 0.15) is 5.69 Å². The lowest BCUT2D eigenvalue weighted by molar-refractivity contribution is -0.205. The van der Waals surface area contributed by atoms with Gasteiger partial charge in [-0.15, -0.1) is 0 Å². The van der Waals surface area contributed by atoms with E-state index in [0.29, 0.717) is 5.92 Å². The van der Waals surface area contributed by atoms with Crippen molar-refractivity contribution in [3.63, 3.8) is 0 Å². The van der Waals surface area contributed by atoms with Crippen LogP contribution in [0.4, 0.5) is 8.78 Å². The van der Waals surface area contributed by atoms with Crippen molar-refractivity contribution in [2.45, 2.75) is 30.9 Å². The molecule has 0 radical (unpaired) electrons. The lowest BCUT2D eigenvalue weighted by Crippen LogP contribution is -2.47. The van der Waals surface area contributed by atoms with Gasteiger partial charge in [-0.05, 0) is 42.7 Å². The summed E-state index contributed by atoms with van der Waals surface area (Å²) in [5, 5.41) is 11.3. The van der Waals surface area contributed by atoms with Gasteiger partial charge in [0, 0.05) is 30.1 Å². The summed E-state index contributed by atoms with van der Waals surface area (Å²) < 4.78 is 32.4. The quantitative estimate of drug-likeness (QED) is 0.688. The van der Waals surface area contributed by atoms with Gasteiger partial charge < -0.3 is 9.67 Å². The number of alkyl halides is 2. The molecule has 3 aromatic rings. The first-order valence-corrected chi connectivity index (χ1v) is 9.08. The zero-order valence-corrected chi connectivity index (χ0v) is 15.1. The van der Waals surface area contributed by atoms with Crippen molar-refractivity contribution < 1.29 is 13.9 Å². The predicted octanol–water partition coefficient (Wildman–Crippen LogP) is 3.72. The molecule has 6 heteroatoms. The fourth-order valence-electron chi connectivity index (χ4n) is 3.02. The zero-order valence-electron chi connectivity index (χ0n) is 15.1. The molecule has 1 fully saturated rings. The molecule has 1 aromatic carbocycles. The fraction of sp³-hybridized carbons (Fsp3) is 0.273. The van der Waals surface area contributed by atoms with E-state index in [-0.39, 0.29) is 12.1 Å². The highest BCUT2D eigenvalue weighted by molar-refractivity contribution is 5.40. The fourth-order valence-corrected chi connectivity index (χ4v) is 3.02. The molecule has 142 valence electrons. The Morgan fingerprint density at radius 2 is 1.89 bits per heavy atom. The minimum Gasteiger partial charge on any atom is -0.377 e. The topological polar surface area (TPSA) is 50.9 Å². The third kappa shape index (κ3) is 3.54. The third-order valence-corrected chi connectivity index (χ3v) is 4.84. The zero-order chi connectivity index (χ0) is 19.6. The second-order valence-electron chi connectivity index (χ2n) is 7.01. The minimum absolute atomic E-state index is 0.0915. The Labute approximate surface area is 161 Å². The van der Waals surface area contributed by atoms with Crippen molar-refractivity contribution in [2.24, 2.45) is 5.92 Å². The van der Waals surface area contributed by atoms with E-state index in [1.54, 1.807) is 18.2 Å². The number of halogens is 2. The summed E-state index contributed by atoms with van der Waals surface area (Å²) in [7, 11) is 0. The molecule has 2 heterocycles. The van der Waals surface area contributed by atoms with Crippen LogP contribution in [0.15, 0.2) is 67.4 Å². The maximum absolute atomic E-state index is 15.5. The Morgan fingerprint density at radius 3 is 2.50 bits per heavy atom. The van der Waals surface area contributed by atoms with Crippen molar-refractivity contribution in [1.29, 1.82) is 0 Å². The molecular weight excluding hydrogens is 360 g/mol. The Kier molecular flexibility index (Phi) is 4.70. The van der Waals surface area contributed by atoms with Crippen LogP contribution in [0.2, 0.25) is 0 Å². The summed E-state index contributed by atoms with van der Waals surface area (Å²) in [6.45, 7) is -0.371. The Hall–Kier alpha value is -3.04. The SMILES string of the molecule is OC(Cn1ccnc1)(c1ccc(C#CC2CC2)cc1)C(F)(F)c1ccccn1. The predicted molar refractivity (Wildman–Crippen MR) is 100 cm³/mol. The van der Waals surface area contributed by atoms with Gasteiger partial charge >= 0.3 is 5.92 Å². The van der Waals surface area contributed by atoms with Crippen molar-refractivity contribution in [1.82, 2.24) is 14.5 Å². The number of aromatic nitrogens is 3. The second-order valence-corrected chi connectivity index (χ2v) is 7.01. The van der Waals surface area contributed by atoms with Crippen LogP contribution in [0.1, 0.15) is 29.7 Å². The third-order valence-electron chi connectivity index (χ3n) is 4.84. The highest BCUT2D eigenvalue weighted by atomic mass is 19.3. The van der Waals surface area contributed by atoms with E-state index in [2.05, 4.69) is 21.8 Å². The van der Waals surface area contributed by atoms with E-state index in [9.17, 15) is 5.11 Å². The molecule has 1 N–H and O–H groups in total. The van der Waals surface area contributed by atoms with Gasteiger partial charge in [0.25, 0.3) is 0 Å². The van der Waals surface area contributed by atoms with Gasteiger partial charge in [0.2, 0.25) is 0 Å². The molecule has 0 bridgehead atoms. The van der Waals surface area contributed by atoms with E-state index in [0.717, 1.165) is 18.4 Å². The van der Waals surface area contributed by atoms with Gasteiger partial charge in [0.15, 0.2) is 5.60 Å². The highest BCUT2D eigenvalue weighted by Gasteiger charge is 2.56. The molecule has 1 aliphatic rings. The number of pyridine rings is 1. The van der Waals surface area contributed by atoms with Crippen LogP contribution in [0.3, 0.4) is 0 Å². The highest BCUT2D eigenvalue weighted by Crippen LogP contribution is 2.45. The molecule has 28 heavy (non-hydrogen) atoms. The summed E-state index contributed by atoms with van der Waals surface area (Å²) in [5.41, 5.74) is -2.17. The molecule has 0 amide bonds. The largest absolute Gasteiger partial charge is 0.377 e. The lowest BCUT2D eigenvalue weighted by atomic mass is 9.84. The van der Waals surface area contributed by atoms with Gasteiger partial charge in [-0.25, -0.2) is 4.98 Å². The second kappa shape index (κ2) is 7.17. The molecule has 1 aliphatic carbocycles. The van der Waals surface area contributed by atoms with E-state index in [1.807, 2.05) is 0 Å². The van der Waals surface area contributed by atoms with Gasteiger partial charge in [-0.3, -0.25) is 4.98 Å².